The number of hydrogen-bond acceptors (Lipinski definition) is 3. The van der Waals surface area contributed by atoms with Gasteiger partial charge in [-0.15, -0.1) is 0 Å². The molecular weight excluding hydrogens is 250 g/mol. The summed E-state index contributed by atoms with van der Waals surface area (Å²) < 4.78 is 10.8. The summed E-state index contributed by atoms with van der Waals surface area (Å²) in [5.41, 5.74) is 1.27. The van der Waals surface area contributed by atoms with E-state index in [9.17, 15) is 5.26 Å². The maximum atomic E-state index is 9.73. The van der Waals surface area contributed by atoms with E-state index in [1.165, 1.54) is 32.1 Å². The lowest BCUT2D eigenvalue weighted by Crippen LogP contribution is -2.49. The van der Waals surface area contributed by atoms with Gasteiger partial charge in [-0.25, -0.2) is 0 Å². The molecule has 1 heterocycles. The Bertz CT molecular complexity index is 573. The van der Waals surface area contributed by atoms with Crippen molar-refractivity contribution in [2.75, 3.05) is 6.79 Å². The molecule has 0 saturated heterocycles. The fourth-order valence-electron chi connectivity index (χ4n) is 4.43. The van der Waals surface area contributed by atoms with Gasteiger partial charge in [0.2, 0.25) is 6.79 Å². The van der Waals surface area contributed by atoms with Gasteiger partial charge in [0.25, 0.3) is 0 Å². The summed E-state index contributed by atoms with van der Waals surface area (Å²) in [7, 11) is 0. The summed E-state index contributed by atoms with van der Waals surface area (Å²) >= 11 is 0. The summed E-state index contributed by atoms with van der Waals surface area (Å²) in [4.78, 5) is 0. The van der Waals surface area contributed by atoms with Gasteiger partial charge in [0, 0.05) is 0 Å². The summed E-state index contributed by atoms with van der Waals surface area (Å²) in [6, 6.07) is 8.61. The number of ether oxygens (including phenoxy) is 2. The number of nitriles is 1. The monoisotopic (exact) mass is 269 g/mol. The topological polar surface area (TPSA) is 42.2 Å². The molecular formula is C17H19NO2. The van der Waals surface area contributed by atoms with E-state index in [0.717, 1.165) is 29.9 Å². The lowest BCUT2D eigenvalue weighted by atomic mass is 9.47. The molecule has 0 aromatic heterocycles. The molecule has 1 spiro atoms. The van der Waals surface area contributed by atoms with Gasteiger partial charge in [-0.2, -0.15) is 5.26 Å². The first-order valence-corrected chi connectivity index (χ1v) is 7.57. The molecule has 1 aromatic rings. The third-order valence-corrected chi connectivity index (χ3v) is 5.41. The minimum absolute atomic E-state index is 0.293. The largest absolute Gasteiger partial charge is 0.454 e. The molecule has 2 fully saturated rings. The predicted molar refractivity (Wildman–Crippen MR) is 74.6 cm³/mol. The van der Waals surface area contributed by atoms with E-state index in [1.54, 1.807) is 0 Å². The highest BCUT2D eigenvalue weighted by Gasteiger charge is 2.55. The molecule has 0 bridgehead atoms. The van der Waals surface area contributed by atoms with Crippen molar-refractivity contribution in [3.8, 4) is 17.6 Å². The molecule has 20 heavy (non-hydrogen) atoms. The molecule has 0 unspecified atom stereocenters. The normalized spacial score (nSPS) is 24.9. The fraction of sp³-hybridized carbons (Fsp3) is 0.588. The number of nitrogens with zero attached hydrogens (tertiary/aromatic N) is 1. The number of rotatable bonds is 1. The lowest BCUT2D eigenvalue weighted by Gasteiger charge is -2.55. The molecule has 2 saturated carbocycles. The lowest BCUT2D eigenvalue weighted by molar-refractivity contribution is 0.0168. The first-order chi connectivity index (χ1) is 9.75. The number of fused-ring (bicyclic) bond motifs is 1. The zero-order valence-electron chi connectivity index (χ0n) is 11.7. The summed E-state index contributed by atoms with van der Waals surface area (Å²) in [5.74, 6) is 1.59. The Morgan fingerprint density at radius 1 is 1.00 bits per heavy atom. The van der Waals surface area contributed by atoms with Crippen LogP contribution in [0.4, 0.5) is 0 Å². The van der Waals surface area contributed by atoms with Crippen LogP contribution in [0.1, 0.15) is 50.5 Å². The Kier molecular flexibility index (Phi) is 2.51. The summed E-state index contributed by atoms with van der Waals surface area (Å²) in [6.07, 6.45) is 8.70. The van der Waals surface area contributed by atoms with Gasteiger partial charge in [0.05, 0.1) is 11.5 Å². The van der Waals surface area contributed by atoms with Gasteiger partial charge in [-0.05, 0) is 48.8 Å². The first kappa shape index (κ1) is 12.1. The van der Waals surface area contributed by atoms with Gasteiger partial charge < -0.3 is 9.47 Å². The van der Waals surface area contributed by atoms with Crippen molar-refractivity contribution in [1.82, 2.24) is 0 Å². The Labute approximate surface area is 119 Å². The van der Waals surface area contributed by atoms with E-state index in [4.69, 9.17) is 9.47 Å². The number of hydrogen-bond donors (Lipinski definition) is 0. The molecule has 1 aliphatic heterocycles. The summed E-state index contributed by atoms with van der Waals surface area (Å²) in [5, 5.41) is 9.73. The van der Waals surface area contributed by atoms with E-state index in [1.807, 2.05) is 18.2 Å². The van der Waals surface area contributed by atoms with Crippen LogP contribution in [-0.4, -0.2) is 6.79 Å². The van der Waals surface area contributed by atoms with Crippen LogP contribution in [0.5, 0.6) is 11.5 Å². The van der Waals surface area contributed by atoms with Crippen molar-refractivity contribution in [1.29, 1.82) is 5.26 Å². The maximum Gasteiger partial charge on any atom is 0.231 e. The molecule has 3 aliphatic rings. The van der Waals surface area contributed by atoms with E-state index in [0.29, 0.717) is 12.2 Å². The minimum atomic E-state index is -0.293. The molecule has 0 N–H and O–H groups in total. The fourth-order valence-corrected chi connectivity index (χ4v) is 4.43. The standard InChI is InChI=1S/C17H19NO2/c18-11-17(9-16(10-17)6-2-1-3-7-16)13-4-5-14-15(8-13)20-12-19-14/h4-5,8H,1-3,6-7,9-10,12H2. The third-order valence-electron chi connectivity index (χ3n) is 5.41. The first-order valence-electron chi connectivity index (χ1n) is 7.57. The van der Waals surface area contributed by atoms with Gasteiger partial charge >= 0.3 is 0 Å². The van der Waals surface area contributed by atoms with Crippen LogP contribution in [0.3, 0.4) is 0 Å². The van der Waals surface area contributed by atoms with Crippen molar-refractivity contribution in [3.63, 3.8) is 0 Å². The van der Waals surface area contributed by atoms with Crippen LogP contribution in [0.2, 0.25) is 0 Å². The number of benzene rings is 1. The molecule has 1 aromatic carbocycles. The van der Waals surface area contributed by atoms with Gasteiger partial charge in [-0.3, -0.25) is 0 Å². The average molecular weight is 269 g/mol. The molecule has 2 aliphatic carbocycles. The van der Waals surface area contributed by atoms with E-state index in [-0.39, 0.29) is 5.41 Å². The highest BCUT2D eigenvalue weighted by Crippen LogP contribution is 2.62. The van der Waals surface area contributed by atoms with Crippen LogP contribution in [0.25, 0.3) is 0 Å². The quantitative estimate of drug-likeness (QED) is 0.776. The van der Waals surface area contributed by atoms with E-state index < -0.39 is 0 Å². The van der Waals surface area contributed by atoms with Gasteiger partial charge in [0.15, 0.2) is 11.5 Å². The third kappa shape index (κ3) is 1.64. The molecule has 104 valence electrons. The highest BCUT2D eigenvalue weighted by atomic mass is 16.7. The van der Waals surface area contributed by atoms with Crippen molar-refractivity contribution in [2.24, 2.45) is 5.41 Å². The Hall–Kier alpha value is -1.69. The maximum absolute atomic E-state index is 9.73. The molecule has 0 amide bonds. The summed E-state index contributed by atoms with van der Waals surface area (Å²) in [6.45, 7) is 0.294. The van der Waals surface area contributed by atoms with Crippen molar-refractivity contribution in [2.45, 2.75) is 50.4 Å². The molecule has 3 heteroatoms. The zero-order chi connectivity index (χ0) is 13.6. The second-order valence-corrected chi connectivity index (χ2v) is 6.68. The van der Waals surface area contributed by atoms with Crippen LogP contribution in [0, 0.1) is 16.7 Å². The molecule has 0 atom stereocenters. The Morgan fingerprint density at radius 2 is 1.75 bits per heavy atom. The van der Waals surface area contributed by atoms with Gasteiger partial charge in [-0.1, -0.05) is 25.3 Å². The highest BCUT2D eigenvalue weighted by molar-refractivity contribution is 5.49. The van der Waals surface area contributed by atoms with E-state index in [2.05, 4.69) is 6.07 Å². The predicted octanol–water partition coefficient (Wildman–Crippen LogP) is 3.92. The van der Waals surface area contributed by atoms with Crippen LogP contribution < -0.4 is 9.47 Å². The second-order valence-electron chi connectivity index (χ2n) is 6.68. The minimum Gasteiger partial charge on any atom is -0.454 e. The Morgan fingerprint density at radius 3 is 2.50 bits per heavy atom. The smallest absolute Gasteiger partial charge is 0.231 e. The van der Waals surface area contributed by atoms with Crippen LogP contribution >= 0.6 is 0 Å². The second kappa shape index (κ2) is 4.15. The van der Waals surface area contributed by atoms with E-state index >= 15 is 0 Å². The van der Waals surface area contributed by atoms with Crippen molar-refractivity contribution < 1.29 is 9.47 Å². The SMILES string of the molecule is N#CC1(c2ccc3c(c2)OCO3)CC2(CCCCC2)C1. The van der Waals surface area contributed by atoms with Gasteiger partial charge in [0.1, 0.15) is 0 Å². The average Bonchev–Trinajstić information content (AvgIpc) is 2.92. The molecule has 3 nitrogen and oxygen atoms in total. The zero-order valence-corrected chi connectivity index (χ0v) is 11.7. The molecule has 4 rings (SSSR count). The van der Waals surface area contributed by atoms with Crippen molar-refractivity contribution >= 4 is 0 Å². The van der Waals surface area contributed by atoms with Crippen molar-refractivity contribution in [3.05, 3.63) is 23.8 Å². The van der Waals surface area contributed by atoms with Crippen LogP contribution in [0.15, 0.2) is 18.2 Å². The Balaban J connectivity index is 1.62. The van der Waals surface area contributed by atoms with Crippen LogP contribution in [-0.2, 0) is 5.41 Å². The molecule has 0 radical (unpaired) electrons.